The van der Waals surface area contributed by atoms with Crippen LogP contribution in [0.1, 0.15) is 55.2 Å². The molecule has 0 unspecified atom stereocenters. The summed E-state index contributed by atoms with van der Waals surface area (Å²) in [6.07, 6.45) is 1.11. The number of carbonyl (C=O) groups excluding carboxylic acids is 2. The maximum absolute atomic E-state index is 12.7. The van der Waals surface area contributed by atoms with Crippen molar-refractivity contribution >= 4 is 23.3 Å². The normalized spacial score (nSPS) is 17.4. The Hall–Kier alpha value is -2.18. The molecule has 1 saturated heterocycles. The van der Waals surface area contributed by atoms with Gasteiger partial charge in [0.1, 0.15) is 0 Å². The fraction of sp³-hybridized carbons (Fsp3) is 0.429. The second-order valence-corrected chi connectivity index (χ2v) is 8.01. The van der Waals surface area contributed by atoms with Gasteiger partial charge in [-0.3, -0.25) is 15.0 Å². The van der Waals surface area contributed by atoms with E-state index in [-0.39, 0.29) is 18.0 Å². The van der Waals surface area contributed by atoms with Crippen LogP contribution in [0.3, 0.4) is 0 Å². The number of hydrogen-bond acceptors (Lipinski definition) is 4. The van der Waals surface area contributed by atoms with Crippen molar-refractivity contribution in [3.8, 4) is 0 Å². The Labute approximate surface area is 164 Å². The molecule has 3 atom stereocenters. The van der Waals surface area contributed by atoms with Gasteiger partial charge in [-0.05, 0) is 41.8 Å². The van der Waals surface area contributed by atoms with E-state index in [9.17, 15) is 9.59 Å². The van der Waals surface area contributed by atoms with Crippen LogP contribution in [0.5, 0.6) is 0 Å². The molecule has 2 heterocycles. The van der Waals surface area contributed by atoms with Gasteiger partial charge >= 0.3 is 6.03 Å². The van der Waals surface area contributed by atoms with Crippen LogP contribution >= 0.6 is 11.3 Å². The van der Waals surface area contributed by atoms with Crippen LogP contribution in [0.4, 0.5) is 4.79 Å². The number of hydrogen-bond donors (Lipinski definition) is 2. The highest BCUT2D eigenvalue weighted by atomic mass is 32.1. The second kappa shape index (κ2) is 8.67. The Morgan fingerprint density at radius 3 is 2.48 bits per heavy atom. The minimum absolute atomic E-state index is 0.0828. The zero-order valence-electron chi connectivity index (χ0n) is 16.1. The van der Waals surface area contributed by atoms with Gasteiger partial charge in [-0.1, -0.05) is 44.2 Å². The smallest absolute Gasteiger partial charge is 0.324 e. The number of urea groups is 1. The molecular weight excluding hydrogens is 358 g/mol. The summed E-state index contributed by atoms with van der Waals surface area (Å²) in [4.78, 5) is 26.9. The van der Waals surface area contributed by atoms with E-state index in [1.54, 1.807) is 11.3 Å². The van der Waals surface area contributed by atoms with Gasteiger partial charge in [-0.15, -0.1) is 11.3 Å². The number of amides is 3. The van der Waals surface area contributed by atoms with Crippen LogP contribution in [-0.4, -0.2) is 36.0 Å². The van der Waals surface area contributed by atoms with E-state index in [1.165, 1.54) is 10.5 Å². The van der Waals surface area contributed by atoms with Gasteiger partial charge in [0, 0.05) is 18.0 Å². The minimum Gasteiger partial charge on any atom is -0.336 e. The van der Waals surface area contributed by atoms with E-state index >= 15 is 0 Å². The number of benzene rings is 1. The van der Waals surface area contributed by atoms with Crippen molar-refractivity contribution in [1.29, 1.82) is 0 Å². The quantitative estimate of drug-likeness (QED) is 0.760. The summed E-state index contributed by atoms with van der Waals surface area (Å²) in [5.41, 5.74) is 2.44. The van der Waals surface area contributed by atoms with Crippen molar-refractivity contribution in [2.75, 3.05) is 13.1 Å². The Kier molecular flexibility index (Phi) is 6.29. The fourth-order valence-electron chi connectivity index (χ4n) is 3.29. The fourth-order valence-corrected chi connectivity index (χ4v) is 4.10. The maximum Gasteiger partial charge on any atom is 0.324 e. The van der Waals surface area contributed by atoms with Crippen LogP contribution in [0.25, 0.3) is 0 Å². The number of rotatable bonds is 7. The average Bonchev–Trinajstić information content (AvgIpc) is 3.36. The van der Waals surface area contributed by atoms with Gasteiger partial charge in [0.05, 0.1) is 12.1 Å². The monoisotopic (exact) mass is 385 g/mol. The van der Waals surface area contributed by atoms with Crippen molar-refractivity contribution in [3.63, 3.8) is 0 Å². The molecule has 0 aliphatic carbocycles. The van der Waals surface area contributed by atoms with Crippen LogP contribution in [0.15, 0.2) is 41.8 Å². The third-order valence-electron chi connectivity index (χ3n) is 5.19. The van der Waals surface area contributed by atoms with E-state index in [2.05, 4.69) is 54.8 Å². The molecule has 27 heavy (non-hydrogen) atoms. The first-order valence-electron chi connectivity index (χ1n) is 9.49. The molecule has 2 N–H and O–H groups in total. The van der Waals surface area contributed by atoms with E-state index in [0.29, 0.717) is 19.0 Å². The molecule has 1 fully saturated rings. The van der Waals surface area contributed by atoms with Crippen LogP contribution in [-0.2, 0) is 4.79 Å². The highest BCUT2D eigenvalue weighted by Gasteiger charge is 2.31. The Balaban J connectivity index is 1.80. The molecule has 1 aliphatic rings. The van der Waals surface area contributed by atoms with Gasteiger partial charge in [0.15, 0.2) is 0 Å². The lowest BCUT2D eigenvalue weighted by molar-refractivity contribution is -0.129. The number of thiophene rings is 1. The predicted molar refractivity (Wildman–Crippen MR) is 109 cm³/mol. The zero-order valence-corrected chi connectivity index (χ0v) is 16.9. The van der Waals surface area contributed by atoms with Crippen molar-refractivity contribution in [2.24, 2.45) is 0 Å². The molecule has 0 spiro atoms. The number of carbonyl (C=O) groups is 2. The highest BCUT2D eigenvalue weighted by Crippen LogP contribution is 2.28. The van der Waals surface area contributed by atoms with Crippen LogP contribution in [0, 0.1) is 0 Å². The summed E-state index contributed by atoms with van der Waals surface area (Å²) in [5.74, 6) is 0.337. The molecule has 144 valence electrons. The van der Waals surface area contributed by atoms with E-state index in [0.717, 1.165) is 16.9 Å². The molecule has 2 aromatic rings. The summed E-state index contributed by atoms with van der Waals surface area (Å²) < 4.78 is 0. The third kappa shape index (κ3) is 4.39. The molecule has 1 aromatic carbocycles. The lowest BCUT2D eigenvalue weighted by Gasteiger charge is -2.25. The number of nitrogens with zero attached hydrogens (tertiary/aromatic N) is 1. The SMILES string of the molecule is CC[C@@H](C)c1ccc([C@@H](N[C@@H](C)C(=O)N2CCNC2=O)c2cccs2)cc1. The Morgan fingerprint density at radius 1 is 1.22 bits per heavy atom. The molecule has 5 nitrogen and oxygen atoms in total. The standard InChI is InChI=1S/C21H27N3O2S/c1-4-14(2)16-7-9-17(10-8-16)19(18-6-5-13-27-18)23-15(3)20(25)24-12-11-22-21(24)26/h5-10,13-15,19,23H,4,11-12H2,1-3H3,(H,22,26)/t14-,15+,19-/m1/s1. The Bertz CT molecular complexity index is 773. The lowest BCUT2D eigenvalue weighted by Crippen LogP contribution is -2.47. The van der Waals surface area contributed by atoms with Crippen LogP contribution in [0.2, 0.25) is 0 Å². The highest BCUT2D eigenvalue weighted by molar-refractivity contribution is 7.10. The van der Waals surface area contributed by atoms with Crippen molar-refractivity contribution in [1.82, 2.24) is 15.5 Å². The van der Waals surface area contributed by atoms with Gasteiger partial charge in [0.25, 0.3) is 0 Å². The van der Waals surface area contributed by atoms with E-state index in [1.807, 2.05) is 18.4 Å². The molecule has 1 aromatic heterocycles. The molecule has 3 rings (SSSR count). The Morgan fingerprint density at radius 2 is 1.93 bits per heavy atom. The second-order valence-electron chi connectivity index (χ2n) is 7.03. The van der Waals surface area contributed by atoms with Gasteiger partial charge < -0.3 is 5.32 Å². The molecule has 6 heteroatoms. The first kappa shape index (κ1) is 19.6. The molecule has 3 amide bonds. The number of imide groups is 1. The zero-order chi connectivity index (χ0) is 19.4. The van der Waals surface area contributed by atoms with Gasteiger partial charge in [-0.2, -0.15) is 0 Å². The van der Waals surface area contributed by atoms with Crippen LogP contribution < -0.4 is 10.6 Å². The van der Waals surface area contributed by atoms with Crippen molar-refractivity contribution < 1.29 is 9.59 Å². The molecular formula is C21H27N3O2S. The first-order valence-corrected chi connectivity index (χ1v) is 10.4. The largest absolute Gasteiger partial charge is 0.336 e. The number of nitrogens with one attached hydrogen (secondary N) is 2. The topological polar surface area (TPSA) is 61.4 Å². The first-order chi connectivity index (χ1) is 13.0. The van der Waals surface area contributed by atoms with Gasteiger partial charge in [-0.25, -0.2) is 4.79 Å². The van der Waals surface area contributed by atoms with Crippen molar-refractivity contribution in [3.05, 3.63) is 57.8 Å². The third-order valence-corrected chi connectivity index (χ3v) is 6.13. The summed E-state index contributed by atoms with van der Waals surface area (Å²) >= 11 is 1.66. The molecule has 0 bridgehead atoms. The summed E-state index contributed by atoms with van der Waals surface area (Å²) in [6.45, 7) is 7.18. The van der Waals surface area contributed by atoms with Crippen molar-refractivity contribution in [2.45, 2.75) is 45.2 Å². The molecule has 0 radical (unpaired) electrons. The van der Waals surface area contributed by atoms with E-state index < -0.39 is 6.04 Å². The summed E-state index contributed by atoms with van der Waals surface area (Å²) in [5, 5.41) is 8.16. The van der Waals surface area contributed by atoms with E-state index in [4.69, 9.17) is 0 Å². The average molecular weight is 386 g/mol. The predicted octanol–water partition coefficient (Wildman–Crippen LogP) is 3.88. The summed E-state index contributed by atoms with van der Waals surface area (Å²) in [7, 11) is 0. The molecule has 1 aliphatic heterocycles. The maximum atomic E-state index is 12.7. The molecule has 0 saturated carbocycles. The van der Waals surface area contributed by atoms with Gasteiger partial charge in [0.2, 0.25) is 5.91 Å². The summed E-state index contributed by atoms with van der Waals surface area (Å²) in [6, 6.07) is 11.9. The minimum atomic E-state index is -0.463. The lowest BCUT2D eigenvalue weighted by atomic mass is 9.95.